The number of amides is 1. The molecule has 27 heavy (non-hydrogen) atoms. The van der Waals surface area contributed by atoms with E-state index in [1.807, 2.05) is 27.8 Å². The van der Waals surface area contributed by atoms with Gasteiger partial charge in [-0.25, -0.2) is 0 Å². The second kappa shape index (κ2) is 6.98. The third kappa shape index (κ3) is 3.57. The molecular formula is C21H26N4O2. The molecule has 0 unspecified atom stereocenters. The smallest absolute Gasteiger partial charge is 0.263 e. The van der Waals surface area contributed by atoms with Gasteiger partial charge in [-0.1, -0.05) is 23.4 Å². The number of carbonyl (C=O) groups is 1. The third-order valence-corrected chi connectivity index (χ3v) is 6.12. The van der Waals surface area contributed by atoms with Crippen molar-refractivity contribution in [2.24, 2.45) is 5.92 Å². The van der Waals surface area contributed by atoms with E-state index in [-0.39, 0.29) is 12.0 Å². The summed E-state index contributed by atoms with van der Waals surface area (Å²) in [5, 5.41) is 8.58. The van der Waals surface area contributed by atoms with Gasteiger partial charge in [0.1, 0.15) is 5.75 Å². The topological polar surface area (TPSA) is 60.2 Å². The van der Waals surface area contributed by atoms with E-state index in [2.05, 4.69) is 22.6 Å². The number of rotatable bonds is 4. The largest absolute Gasteiger partial charge is 0.480 e. The van der Waals surface area contributed by atoms with Crippen LogP contribution in [0.25, 0.3) is 0 Å². The first kappa shape index (κ1) is 16.8. The highest BCUT2D eigenvalue weighted by atomic mass is 16.5. The Hall–Kier alpha value is -2.37. The summed E-state index contributed by atoms with van der Waals surface area (Å²) >= 11 is 0. The van der Waals surface area contributed by atoms with Gasteiger partial charge in [0.15, 0.2) is 6.10 Å². The highest BCUT2D eigenvalue weighted by Crippen LogP contribution is 2.38. The van der Waals surface area contributed by atoms with Gasteiger partial charge in [-0.2, -0.15) is 0 Å². The Bertz CT molecular complexity index is 821. The number of aromatic nitrogens is 3. The minimum absolute atomic E-state index is 0.153. The third-order valence-electron chi connectivity index (χ3n) is 6.12. The van der Waals surface area contributed by atoms with Gasteiger partial charge < -0.3 is 9.64 Å². The number of piperidine rings is 1. The lowest BCUT2D eigenvalue weighted by atomic mass is 9.95. The fourth-order valence-electron chi connectivity index (χ4n) is 4.27. The molecule has 0 N–H and O–H groups in total. The van der Waals surface area contributed by atoms with Gasteiger partial charge in [0, 0.05) is 31.7 Å². The summed E-state index contributed by atoms with van der Waals surface area (Å²) in [6.07, 6.45) is 8.04. The maximum Gasteiger partial charge on any atom is 0.263 e. The fourth-order valence-corrected chi connectivity index (χ4v) is 4.27. The zero-order chi connectivity index (χ0) is 18.2. The van der Waals surface area contributed by atoms with Crippen molar-refractivity contribution in [2.75, 3.05) is 13.1 Å². The zero-order valence-corrected chi connectivity index (χ0v) is 15.6. The lowest BCUT2D eigenvalue weighted by Crippen LogP contribution is -2.47. The van der Waals surface area contributed by atoms with Gasteiger partial charge in [-0.3, -0.25) is 9.48 Å². The molecule has 3 aliphatic rings. The average Bonchev–Trinajstić information content (AvgIpc) is 3.47. The normalized spacial score (nSPS) is 23.0. The van der Waals surface area contributed by atoms with Gasteiger partial charge >= 0.3 is 0 Å². The molecule has 2 aliphatic heterocycles. The number of benzene rings is 1. The lowest BCUT2D eigenvalue weighted by molar-refractivity contribution is -0.141. The van der Waals surface area contributed by atoms with E-state index in [1.165, 1.54) is 18.4 Å². The first-order valence-electron chi connectivity index (χ1n) is 10.2. The molecule has 0 radical (unpaired) electrons. The SMILES string of the molecule is O=C([C@@H]1CCc2ccccc2O1)N1CCC(Cn2cc(C3CC3)nn2)CC1. The Balaban J connectivity index is 1.14. The monoisotopic (exact) mass is 366 g/mol. The molecule has 2 aromatic rings. The van der Waals surface area contributed by atoms with E-state index in [0.717, 1.165) is 56.8 Å². The van der Waals surface area contributed by atoms with Crippen LogP contribution in [-0.2, 0) is 17.8 Å². The molecule has 1 atom stereocenters. The van der Waals surface area contributed by atoms with Crippen molar-refractivity contribution < 1.29 is 9.53 Å². The molecule has 3 heterocycles. The molecule has 5 rings (SSSR count). The Morgan fingerprint density at radius 3 is 2.74 bits per heavy atom. The summed E-state index contributed by atoms with van der Waals surface area (Å²) in [4.78, 5) is 14.9. The second-order valence-corrected chi connectivity index (χ2v) is 8.16. The van der Waals surface area contributed by atoms with Crippen LogP contribution in [0.2, 0.25) is 0 Å². The molecule has 142 valence electrons. The van der Waals surface area contributed by atoms with E-state index in [4.69, 9.17) is 4.74 Å². The zero-order valence-electron chi connectivity index (χ0n) is 15.6. The number of para-hydroxylation sites is 1. The quantitative estimate of drug-likeness (QED) is 0.835. The van der Waals surface area contributed by atoms with E-state index >= 15 is 0 Å². The number of nitrogens with zero attached hydrogens (tertiary/aromatic N) is 4. The molecule has 0 bridgehead atoms. The van der Waals surface area contributed by atoms with Gasteiger partial charge in [0.2, 0.25) is 0 Å². The molecule has 2 fully saturated rings. The average molecular weight is 366 g/mol. The van der Waals surface area contributed by atoms with Gasteiger partial charge in [-0.15, -0.1) is 5.10 Å². The van der Waals surface area contributed by atoms with Crippen LogP contribution in [0.1, 0.15) is 49.3 Å². The number of aryl methyl sites for hydroxylation is 1. The van der Waals surface area contributed by atoms with Crippen molar-refractivity contribution in [2.45, 2.75) is 57.1 Å². The minimum Gasteiger partial charge on any atom is -0.480 e. The van der Waals surface area contributed by atoms with Crippen molar-refractivity contribution in [1.29, 1.82) is 0 Å². The second-order valence-electron chi connectivity index (χ2n) is 8.16. The number of hydrogen-bond acceptors (Lipinski definition) is 4. The summed E-state index contributed by atoms with van der Waals surface area (Å²) in [5.41, 5.74) is 2.36. The summed E-state index contributed by atoms with van der Waals surface area (Å²) in [7, 11) is 0. The van der Waals surface area contributed by atoms with Crippen LogP contribution in [0, 0.1) is 5.92 Å². The Morgan fingerprint density at radius 1 is 1.11 bits per heavy atom. The fraction of sp³-hybridized carbons (Fsp3) is 0.571. The summed E-state index contributed by atoms with van der Waals surface area (Å²) in [5.74, 6) is 2.24. The molecule has 1 amide bonds. The maximum absolute atomic E-state index is 12.9. The van der Waals surface area contributed by atoms with Crippen molar-refractivity contribution in [3.63, 3.8) is 0 Å². The van der Waals surface area contributed by atoms with Crippen LogP contribution in [0.3, 0.4) is 0 Å². The molecule has 6 nitrogen and oxygen atoms in total. The van der Waals surface area contributed by atoms with Crippen molar-refractivity contribution in [1.82, 2.24) is 19.9 Å². The van der Waals surface area contributed by atoms with Gasteiger partial charge in [0.05, 0.1) is 5.69 Å². The summed E-state index contributed by atoms with van der Waals surface area (Å²) in [6.45, 7) is 2.54. The molecular weight excluding hydrogens is 340 g/mol. The van der Waals surface area contributed by atoms with Crippen molar-refractivity contribution >= 4 is 5.91 Å². The van der Waals surface area contributed by atoms with E-state index in [0.29, 0.717) is 11.8 Å². The molecule has 1 aromatic heterocycles. The van der Waals surface area contributed by atoms with Crippen molar-refractivity contribution in [3.8, 4) is 5.75 Å². The number of hydrogen-bond donors (Lipinski definition) is 0. The maximum atomic E-state index is 12.9. The molecule has 0 spiro atoms. The van der Waals surface area contributed by atoms with Crippen LogP contribution >= 0.6 is 0 Å². The van der Waals surface area contributed by atoms with Crippen LogP contribution in [0.4, 0.5) is 0 Å². The highest BCUT2D eigenvalue weighted by molar-refractivity contribution is 5.81. The summed E-state index contributed by atoms with van der Waals surface area (Å²) in [6, 6.07) is 8.04. The number of carbonyl (C=O) groups excluding carboxylic acids is 1. The van der Waals surface area contributed by atoms with Crippen LogP contribution in [0.5, 0.6) is 5.75 Å². The van der Waals surface area contributed by atoms with Gasteiger partial charge in [-0.05, 0) is 56.1 Å². The first-order valence-corrected chi connectivity index (χ1v) is 10.2. The standard InChI is InChI=1S/C21H26N4O2/c26-21(20-8-7-17-3-1-2-4-19(17)27-20)24-11-9-15(10-12-24)13-25-14-18(22-23-25)16-5-6-16/h1-4,14-16,20H,5-13H2/t20-/m0/s1. The molecule has 6 heteroatoms. The predicted octanol–water partition coefficient (Wildman–Crippen LogP) is 2.79. The highest BCUT2D eigenvalue weighted by Gasteiger charge is 2.32. The number of fused-ring (bicyclic) bond motifs is 1. The van der Waals surface area contributed by atoms with E-state index in [1.54, 1.807) is 0 Å². The number of ether oxygens (including phenoxy) is 1. The molecule has 1 saturated heterocycles. The lowest BCUT2D eigenvalue weighted by Gasteiger charge is -2.35. The Kier molecular flexibility index (Phi) is 4.34. The predicted molar refractivity (Wildman–Crippen MR) is 100 cm³/mol. The molecule has 1 saturated carbocycles. The van der Waals surface area contributed by atoms with Crippen LogP contribution < -0.4 is 4.74 Å². The van der Waals surface area contributed by atoms with Gasteiger partial charge in [0.25, 0.3) is 5.91 Å². The number of likely N-dealkylation sites (tertiary alicyclic amines) is 1. The molecule has 1 aromatic carbocycles. The van der Waals surface area contributed by atoms with Crippen LogP contribution in [0.15, 0.2) is 30.5 Å². The summed E-state index contributed by atoms with van der Waals surface area (Å²) < 4.78 is 7.98. The minimum atomic E-state index is -0.326. The first-order chi connectivity index (χ1) is 13.3. The Labute approximate surface area is 159 Å². The molecule has 1 aliphatic carbocycles. The van der Waals surface area contributed by atoms with Crippen molar-refractivity contribution in [3.05, 3.63) is 41.7 Å². The Morgan fingerprint density at radius 2 is 1.93 bits per heavy atom. The van der Waals surface area contributed by atoms with E-state index in [9.17, 15) is 4.79 Å². The van der Waals surface area contributed by atoms with E-state index < -0.39 is 0 Å². The van der Waals surface area contributed by atoms with Crippen LogP contribution in [-0.4, -0.2) is 45.0 Å².